The van der Waals surface area contributed by atoms with Gasteiger partial charge in [0.15, 0.2) is 0 Å². The Balaban J connectivity index is 2.16. The van der Waals surface area contributed by atoms with Gasteiger partial charge in [0.1, 0.15) is 0 Å². The third kappa shape index (κ3) is 3.03. The first-order chi connectivity index (χ1) is 5.72. The summed E-state index contributed by atoms with van der Waals surface area (Å²) in [6, 6.07) is 0. The van der Waals surface area contributed by atoms with Gasteiger partial charge in [0.2, 0.25) is 0 Å². The van der Waals surface area contributed by atoms with E-state index in [1.54, 1.807) is 0 Å². The standard InChI is InChI=1S/C8H15F2NO/c1-2-4-11-5-3-7(6-11)12-8(9)10/h7-8H,2-6H2,1H3/t7-/m1/s1. The molecule has 2 nitrogen and oxygen atoms in total. The van der Waals surface area contributed by atoms with Crippen LogP contribution in [0.4, 0.5) is 8.78 Å². The van der Waals surface area contributed by atoms with Gasteiger partial charge in [0.05, 0.1) is 6.10 Å². The SMILES string of the molecule is CCCN1CC[C@@H](OC(F)F)C1. The molecule has 0 aromatic rings. The van der Waals surface area contributed by atoms with E-state index in [1.165, 1.54) is 0 Å². The molecule has 0 spiro atoms. The van der Waals surface area contributed by atoms with E-state index in [1.807, 2.05) is 0 Å². The summed E-state index contributed by atoms with van der Waals surface area (Å²) in [4.78, 5) is 2.16. The summed E-state index contributed by atoms with van der Waals surface area (Å²) in [5, 5.41) is 0. The summed E-state index contributed by atoms with van der Waals surface area (Å²) >= 11 is 0. The Morgan fingerprint density at radius 3 is 2.92 bits per heavy atom. The van der Waals surface area contributed by atoms with Crippen molar-refractivity contribution in [1.82, 2.24) is 4.90 Å². The van der Waals surface area contributed by atoms with E-state index in [2.05, 4.69) is 16.6 Å². The predicted octanol–water partition coefficient (Wildman–Crippen LogP) is 1.71. The first-order valence-corrected chi connectivity index (χ1v) is 4.38. The summed E-state index contributed by atoms with van der Waals surface area (Å²) < 4.78 is 27.9. The maximum Gasteiger partial charge on any atom is 0.345 e. The van der Waals surface area contributed by atoms with Gasteiger partial charge in [0, 0.05) is 13.1 Å². The van der Waals surface area contributed by atoms with Gasteiger partial charge in [-0.1, -0.05) is 6.92 Å². The third-order valence-corrected chi connectivity index (χ3v) is 2.06. The van der Waals surface area contributed by atoms with Crippen LogP contribution in [-0.2, 0) is 4.74 Å². The van der Waals surface area contributed by atoms with Crippen molar-refractivity contribution in [3.05, 3.63) is 0 Å². The van der Waals surface area contributed by atoms with Crippen LogP contribution in [0.1, 0.15) is 19.8 Å². The van der Waals surface area contributed by atoms with E-state index < -0.39 is 6.61 Å². The first kappa shape index (κ1) is 9.86. The van der Waals surface area contributed by atoms with Crippen molar-refractivity contribution in [3.8, 4) is 0 Å². The Morgan fingerprint density at radius 2 is 2.33 bits per heavy atom. The number of hydrogen-bond acceptors (Lipinski definition) is 2. The summed E-state index contributed by atoms with van der Waals surface area (Å²) in [5.74, 6) is 0. The minimum atomic E-state index is -2.61. The lowest BCUT2D eigenvalue weighted by Crippen LogP contribution is -2.25. The van der Waals surface area contributed by atoms with Crippen LogP contribution >= 0.6 is 0 Å². The first-order valence-electron chi connectivity index (χ1n) is 4.38. The molecule has 0 amide bonds. The quantitative estimate of drug-likeness (QED) is 0.651. The van der Waals surface area contributed by atoms with E-state index in [9.17, 15) is 8.78 Å². The molecule has 1 heterocycles. The molecule has 0 saturated carbocycles. The van der Waals surface area contributed by atoms with E-state index in [0.29, 0.717) is 6.54 Å². The van der Waals surface area contributed by atoms with Crippen LogP contribution in [0.25, 0.3) is 0 Å². The Kier molecular flexibility index (Phi) is 3.88. The van der Waals surface area contributed by atoms with Crippen molar-refractivity contribution in [2.75, 3.05) is 19.6 Å². The molecule has 12 heavy (non-hydrogen) atoms. The lowest BCUT2D eigenvalue weighted by molar-refractivity contribution is -0.158. The number of alkyl halides is 2. The van der Waals surface area contributed by atoms with Gasteiger partial charge in [-0.05, 0) is 19.4 Å². The molecule has 1 fully saturated rings. The summed E-state index contributed by atoms with van der Waals surface area (Å²) in [6.07, 6.45) is 1.56. The van der Waals surface area contributed by atoms with Gasteiger partial charge >= 0.3 is 6.61 Å². The maximum atomic E-state index is 11.8. The van der Waals surface area contributed by atoms with Crippen LogP contribution in [0.2, 0.25) is 0 Å². The molecular formula is C8H15F2NO. The zero-order chi connectivity index (χ0) is 8.97. The topological polar surface area (TPSA) is 12.5 Å². The van der Waals surface area contributed by atoms with E-state index in [-0.39, 0.29) is 6.10 Å². The second kappa shape index (κ2) is 4.72. The molecule has 1 rings (SSSR count). The van der Waals surface area contributed by atoms with Crippen LogP contribution in [0.3, 0.4) is 0 Å². The summed E-state index contributed by atoms with van der Waals surface area (Å²) in [7, 11) is 0. The number of rotatable bonds is 4. The fourth-order valence-electron chi connectivity index (χ4n) is 1.57. The fourth-order valence-corrected chi connectivity index (χ4v) is 1.57. The van der Waals surface area contributed by atoms with E-state index >= 15 is 0 Å². The third-order valence-electron chi connectivity index (χ3n) is 2.06. The Hall–Kier alpha value is -0.220. The molecule has 0 aliphatic carbocycles. The minimum Gasteiger partial charge on any atom is -0.318 e. The second-order valence-electron chi connectivity index (χ2n) is 3.11. The minimum absolute atomic E-state index is 0.253. The van der Waals surface area contributed by atoms with E-state index in [0.717, 1.165) is 25.9 Å². The molecule has 0 radical (unpaired) electrons. The van der Waals surface area contributed by atoms with Crippen molar-refractivity contribution in [1.29, 1.82) is 0 Å². The lowest BCUT2D eigenvalue weighted by atomic mass is 10.3. The zero-order valence-corrected chi connectivity index (χ0v) is 7.30. The smallest absolute Gasteiger partial charge is 0.318 e. The second-order valence-corrected chi connectivity index (χ2v) is 3.11. The van der Waals surface area contributed by atoms with Crippen LogP contribution in [0, 0.1) is 0 Å². The van der Waals surface area contributed by atoms with Crippen LogP contribution in [-0.4, -0.2) is 37.2 Å². The number of halogens is 2. The van der Waals surface area contributed by atoms with Gasteiger partial charge in [-0.3, -0.25) is 0 Å². The van der Waals surface area contributed by atoms with Gasteiger partial charge in [-0.15, -0.1) is 0 Å². The molecule has 1 atom stereocenters. The number of hydrogen-bond donors (Lipinski definition) is 0. The fraction of sp³-hybridized carbons (Fsp3) is 1.00. The van der Waals surface area contributed by atoms with Crippen molar-refractivity contribution in [2.45, 2.75) is 32.5 Å². The van der Waals surface area contributed by atoms with Gasteiger partial charge < -0.3 is 9.64 Å². The highest BCUT2D eigenvalue weighted by Gasteiger charge is 2.24. The summed E-state index contributed by atoms with van der Waals surface area (Å²) in [5.41, 5.74) is 0. The molecule has 72 valence electrons. The Bertz CT molecular complexity index is 132. The molecule has 1 aliphatic rings. The highest BCUT2D eigenvalue weighted by molar-refractivity contribution is 4.75. The molecule has 0 unspecified atom stereocenters. The highest BCUT2D eigenvalue weighted by atomic mass is 19.3. The van der Waals surface area contributed by atoms with E-state index in [4.69, 9.17) is 0 Å². The molecular weight excluding hydrogens is 164 g/mol. The summed E-state index contributed by atoms with van der Waals surface area (Å²) in [6.45, 7) is 2.02. The largest absolute Gasteiger partial charge is 0.345 e. The normalized spacial score (nSPS) is 25.5. The van der Waals surface area contributed by atoms with Crippen molar-refractivity contribution in [2.24, 2.45) is 0 Å². The predicted molar refractivity (Wildman–Crippen MR) is 42.2 cm³/mol. The highest BCUT2D eigenvalue weighted by Crippen LogP contribution is 2.15. The van der Waals surface area contributed by atoms with Crippen molar-refractivity contribution >= 4 is 0 Å². The number of nitrogens with zero attached hydrogens (tertiary/aromatic N) is 1. The number of ether oxygens (including phenoxy) is 1. The molecule has 0 bridgehead atoms. The molecule has 1 saturated heterocycles. The zero-order valence-electron chi connectivity index (χ0n) is 7.30. The molecule has 0 aromatic heterocycles. The van der Waals surface area contributed by atoms with Crippen molar-refractivity contribution in [3.63, 3.8) is 0 Å². The average molecular weight is 179 g/mol. The molecule has 1 aliphatic heterocycles. The molecule has 0 aromatic carbocycles. The Labute approximate surface area is 71.5 Å². The van der Waals surface area contributed by atoms with Gasteiger partial charge in [-0.25, -0.2) is 0 Å². The monoisotopic (exact) mass is 179 g/mol. The van der Waals surface area contributed by atoms with Crippen molar-refractivity contribution < 1.29 is 13.5 Å². The van der Waals surface area contributed by atoms with Gasteiger partial charge in [0.25, 0.3) is 0 Å². The van der Waals surface area contributed by atoms with Crippen LogP contribution in [0.15, 0.2) is 0 Å². The molecule has 0 N–H and O–H groups in total. The maximum absolute atomic E-state index is 11.8. The molecule has 4 heteroatoms. The average Bonchev–Trinajstić information content (AvgIpc) is 2.36. The van der Waals surface area contributed by atoms with Crippen LogP contribution in [0.5, 0.6) is 0 Å². The Morgan fingerprint density at radius 1 is 1.58 bits per heavy atom. The van der Waals surface area contributed by atoms with Crippen LogP contribution < -0.4 is 0 Å². The lowest BCUT2D eigenvalue weighted by Gasteiger charge is -2.14. The number of likely N-dealkylation sites (tertiary alicyclic amines) is 1. The van der Waals surface area contributed by atoms with Gasteiger partial charge in [-0.2, -0.15) is 8.78 Å².